The van der Waals surface area contributed by atoms with Crippen molar-refractivity contribution in [3.8, 4) is 5.75 Å². The highest BCUT2D eigenvalue weighted by Crippen LogP contribution is 2.23. The molecule has 0 saturated heterocycles. The number of pyridine rings is 1. The Balaban J connectivity index is 1.97. The van der Waals surface area contributed by atoms with Crippen molar-refractivity contribution in [2.75, 3.05) is 6.54 Å². The smallest absolute Gasteiger partial charge is 0.270 e. The van der Waals surface area contributed by atoms with Crippen molar-refractivity contribution in [3.63, 3.8) is 0 Å². The van der Waals surface area contributed by atoms with Crippen LogP contribution in [0.3, 0.4) is 0 Å². The molecule has 1 aromatic rings. The monoisotopic (exact) mass is 263 g/mol. The molecule has 1 amide bonds. The molecule has 0 aromatic carbocycles. The van der Waals surface area contributed by atoms with Crippen molar-refractivity contribution >= 4 is 5.91 Å². The standard InChI is InChI=1S/C14H21N3O2/c1-2-16-14(18)13-9-12(7-8-17-13)19-11-5-3-10(15)4-6-11/h7-11H,2-6,15H2,1H3,(H,16,18). The molecule has 0 radical (unpaired) electrons. The summed E-state index contributed by atoms with van der Waals surface area (Å²) in [7, 11) is 0. The van der Waals surface area contributed by atoms with Gasteiger partial charge in [0.05, 0.1) is 6.10 Å². The maximum absolute atomic E-state index is 11.7. The summed E-state index contributed by atoms with van der Waals surface area (Å²) < 4.78 is 5.90. The van der Waals surface area contributed by atoms with E-state index in [1.807, 2.05) is 6.92 Å². The zero-order valence-corrected chi connectivity index (χ0v) is 11.3. The van der Waals surface area contributed by atoms with E-state index < -0.39 is 0 Å². The number of amides is 1. The molecule has 104 valence electrons. The zero-order valence-electron chi connectivity index (χ0n) is 11.3. The van der Waals surface area contributed by atoms with Gasteiger partial charge in [-0.05, 0) is 38.7 Å². The van der Waals surface area contributed by atoms with Gasteiger partial charge in [-0.1, -0.05) is 0 Å². The van der Waals surface area contributed by atoms with E-state index in [0.29, 0.717) is 24.0 Å². The molecule has 1 saturated carbocycles. The average molecular weight is 263 g/mol. The summed E-state index contributed by atoms with van der Waals surface area (Å²) >= 11 is 0. The second-order valence-electron chi connectivity index (χ2n) is 4.89. The van der Waals surface area contributed by atoms with Gasteiger partial charge in [-0.15, -0.1) is 0 Å². The minimum absolute atomic E-state index is 0.168. The Morgan fingerprint density at radius 3 is 2.89 bits per heavy atom. The normalized spacial score (nSPS) is 22.8. The number of carbonyl (C=O) groups excluding carboxylic acids is 1. The molecule has 1 aliphatic rings. The largest absolute Gasteiger partial charge is 0.490 e. The van der Waals surface area contributed by atoms with Gasteiger partial charge in [0.2, 0.25) is 0 Å². The first-order valence-corrected chi connectivity index (χ1v) is 6.85. The van der Waals surface area contributed by atoms with Crippen LogP contribution in [0.1, 0.15) is 43.1 Å². The predicted molar refractivity (Wildman–Crippen MR) is 73.1 cm³/mol. The molecule has 0 aliphatic heterocycles. The van der Waals surface area contributed by atoms with E-state index in [9.17, 15) is 4.79 Å². The van der Waals surface area contributed by atoms with Crippen LogP contribution in [-0.4, -0.2) is 29.6 Å². The van der Waals surface area contributed by atoms with E-state index in [2.05, 4.69) is 10.3 Å². The first-order chi connectivity index (χ1) is 9.19. The van der Waals surface area contributed by atoms with Crippen molar-refractivity contribution in [1.29, 1.82) is 0 Å². The average Bonchev–Trinajstić information content (AvgIpc) is 2.42. The Labute approximate surface area is 113 Å². The van der Waals surface area contributed by atoms with Crippen molar-refractivity contribution in [2.45, 2.75) is 44.8 Å². The number of aromatic nitrogens is 1. The Hall–Kier alpha value is -1.62. The maximum Gasteiger partial charge on any atom is 0.270 e. The number of hydrogen-bond acceptors (Lipinski definition) is 4. The molecule has 5 heteroatoms. The van der Waals surface area contributed by atoms with E-state index in [0.717, 1.165) is 25.7 Å². The zero-order chi connectivity index (χ0) is 13.7. The van der Waals surface area contributed by atoms with Gasteiger partial charge in [0.25, 0.3) is 5.91 Å². The van der Waals surface area contributed by atoms with Crippen LogP contribution in [0.2, 0.25) is 0 Å². The fraction of sp³-hybridized carbons (Fsp3) is 0.571. The number of nitrogens with zero attached hydrogens (tertiary/aromatic N) is 1. The van der Waals surface area contributed by atoms with Crippen LogP contribution < -0.4 is 15.8 Å². The number of rotatable bonds is 4. The predicted octanol–water partition coefficient (Wildman–Crippen LogP) is 1.48. The summed E-state index contributed by atoms with van der Waals surface area (Å²) in [6, 6.07) is 3.79. The minimum Gasteiger partial charge on any atom is -0.490 e. The molecule has 19 heavy (non-hydrogen) atoms. The third-order valence-corrected chi connectivity index (χ3v) is 3.32. The van der Waals surface area contributed by atoms with Gasteiger partial charge in [0, 0.05) is 24.8 Å². The summed E-state index contributed by atoms with van der Waals surface area (Å²) in [5.74, 6) is 0.537. The molecule has 0 unspecified atom stereocenters. The number of ether oxygens (including phenoxy) is 1. The van der Waals surface area contributed by atoms with E-state index >= 15 is 0 Å². The number of hydrogen-bond donors (Lipinski definition) is 2. The molecule has 1 heterocycles. The molecule has 1 aromatic heterocycles. The maximum atomic E-state index is 11.7. The lowest BCUT2D eigenvalue weighted by Crippen LogP contribution is -2.31. The minimum atomic E-state index is -0.168. The molecule has 2 rings (SSSR count). The fourth-order valence-electron chi connectivity index (χ4n) is 2.26. The van der Waals surface area contributed by atoms with E-state index in [-0.39, 0.29) is 12.0 Å². The van der Waals surface area contributed by atoms with Crippen LogP contribution in [0.25, 0.3) is 0 Å². The third kappa shape index (κ3) is 3.92. The Morgan fingerprint density at radius 1 is 1.47 bits per heavy atom. The second kappa shape index (κ2) is 6.52. The summed E-state index contributed by atoms with van der Waals surface area (Å²) in [4.78, 5) is 15.7. The highest BCUT2D eigenvalue weighted by atomic mass is 16.5. The van der Waals surface area contributed by atoms with Crippen LogP contribution in [0.4, 0.5) is 0 Å². The van der Waals surface area contributed by atoms with Crippen molar-refractivity contribution < 1.29 is 9.53 Å². The quantitative estimate of drug-likeness (QED) is 0.862. The molecule has 0 bridgehead atoms. The molecule has 0 spiro atoms. The summed E-state index contributed by atoms with van der Waals surface area (Å²) in [6.45, 7) is 2.47. The first-order valence-electron chi connectivity index (χ1n) is 6.85. The molecular weight excluding hydrogens is 242 g/mol. The summed E-state index contributed by atoms with van der Waals surface area (Å²) in [5, 5.41) is 2.72. The van der Waals surface area contributed by atoms with Crippen molar-refractivity contribution in [3.05, 3.63) is 24.0 Å². The van der Waals surface area contributed by atoms with Gasteiger partial charge >= 0.3 is 0 Å². The van der Waals surface area contributed by atoms with Gasteiger partial charge in [-0.2, -0.15) is 0 Å². The Bertz CT molecular complexity index is 428. The van der Waals surface area contributed by atoms with Crippen LogP contribution >= 0.6 is 0 Å². The van der Waals surface area contributed by atoms with Gasteiger partial charge in [-0.25, -0.2) is 0 Å². The molecule has 1 aliphatic carbocycles. The van der Waals surface area contributed by atoms with Gasteiger partial charge < -0.3 is 15.8 Å². The van der Waals surface area contributed by atoms with Crippen LogP contribution in [0, 0.1) is 0 Å². The topological polar surface area (TPSA) is 77.2 Å². The lowest BCUT2D eigenvalue weighted by molar-refractivity contribution is 0.0949. The van der Waals surface area contributed by atoms with E-state index in [1.165, 1.54) is 0 Å². The Kier molecular flexibility index (Phi) is 4.74. The van der Waals surface area contributed by atoms with Crippen LogP contribution in [-0.2, 0) is 0 Å². The van der Waals surface area contributed by atoms with Crippen molar-refractivity contribution in [2.24, 2.45) is 5.73 Å². The third-order valence-electron chi connectivity index (χ3n) is 3.32. The lowest BCUT2D eigenvalue weighted by Gasteiger charge is -2.26. The van der Waals surface area contributed by atoms with E-state index in [4.69, 9.17) is 10.5 Å². The van der Waals surface area contributed by atoms with Gasteiger partial charge in [-0.3, -0.25) is 9.78 Å². The van der Waals surface area contributed by atoms with E-state index in [1.54, 1.807) is 18.3 Å². The number of nitrogens with one attached hydrogen (secondary N) is 1. The molecule has 0 atom stereocenters. The summed E-state index contributed by atoms with van der Waals surface area (Å²) in [6.07, 6.45) is 5.75. The fourth-order valence-corrected chi connectivity index (χ4v) is 2.26. The second-order valence-corrected chi connectivity index (χ2v) is 4.89. The lowest BCUT2D eigenvalue weighted by atomic mass is 9.94. The molecule has 5 nitrogen and oxygen atoms in total. The number of nitrogens with two attached hydrogens (primary N) is 1. The molecule has 1 fully saturated rings. The first kappa shape index (κ1) is 13.8. The van der Waals surface area contributed by atoms with Crippen molar-refractivity contribution in [1.82, 2.24) is 10.3 Å². The Morgan fingerprint density at radius 2 is 2.21 bits per heavy atom. The SMILES string of the molecule is CCNC(=O)c1cc(OC2CCC(N)CC2)ccn1. The molecular formula is C14H21N3O2. The highest BCUT2D eigenvalue weighted by molar-refractivity contribution is 5.92. The van der Waals surface area contributed by atoms with Crippen LogP contribution in [0.15, 0.2) is 18.3 Å². The van der Waals surface area contributed by atoms with Crippen LogP contribution in [0.5, 0.6) is 5.75 Å². The molecule has 3 N–H and O–H groups in total. The van der Waals surface area contributed by atoms with Gasteiger partial charge in [0.1, 0.15) is 11.4 Å². The van der Waals surface area contributed by atoms with Gasteiger partial charge in [0.15, 0.2) is 0 Å². The summed E-state index contributed by atoms with van der Waals surface area (Å²) in [5.41, 5.74) is 6.26. The highest BCUT2D eigenvalue weighted by Gasteiger charge is 2.20. The number of carbonyl (C=O) groups is 1.